The normalized spacial score (nSPS) is 13.3. The van der Waals surface area contributed by atoms with Crippen LogP contribution in [0.15, 0.2) is 18.3 Å². The smallest absolute Gasteiger partial charge is 0.306 e. The second-order valence-electron chi connectivity index (χ2n) is 5.37. The average Bonchev–Trinajstić information content (AvgIpc) is 2.28. The van der Waals surface area contributed by atoms with E-state index in [2.05, 4.69) is 18.8 Å². The van der Waals surface area contributed by atoms with E-state index in [-0.39, 0.29) is 11.3 Å². The molecule has 0 unspecified atom stereocenters. The summed E-state index contributed by atoms with van der Waals surface area (Å²) in [5.74, 6) is -1.01. The van der Waals surface area contributed by atoms with E-state index >= 15 is 0 Å². The molecule has 1 aromatic rings. The van der Waals surface area contributed by atoms with Gasteiger partial charge in [-0.25, -0.2) is 0 Å². The first-order chi connectivity index (χ1) is 8.33. The van der Waals surface area contributed by atoms with Crippen LogP contribution < -0.4 is 0 Å². The van der Waals surface area contributed by atoms with E-state index in [1.807, 2.05) is 6.07 Å². The van der Waals surface area contributed by atoms with Crippen LogP contribution in [0.3, 0.4) is 0 Å². The van der Waals surface area contributed by atoms with Gasteiger partial charge in [0, 0.05) is 22.3 Å². The second-order valence-corrected chi connectivity index (χ2v) is 5.81. The summed E-state index contributed by atoms with van der Waals surface area (Å²) in [7, 11) is 0. The topological polar surface area (TPSA) is 50.2 Å². The van der Waals surface area contributed by atoms with Crippen LogP contribution in [0.1, 0.15) is 45.7 Å². The third-order valence-electron chi connectivity index (χ3n) is 3.28. The number of pyridine rings is 1. The lowest BCUT2D eigenvalue weighted by Gasteiger charge is -2.24. The molecule has 0 aliphatic carbocycles. The Morgan fingerprint density at radius 2 is 2.22 bits per heavy atom. The molecule has 4 heteroatoms. The summed E-state index contributed by atoms with van der Waals surface area (Å²) in [6, 6.07) is 3.63. The van der Waals surface area contributed by atoms with E-state index in [1.54, 1.807) is 19.2 Å². The first-order valence-corrected chi connectivity index (χ1v) is 6.55. The molecular weight excluding hydrogens is 250 g/mol. The molecule has 100 valence electrons. The number of carbonyl (C=O) groups is 1. The molecule has 0 aliphatic rings. The summed E-state index contributed by atoms with van der Waals surface area (Å²) in [5, 5.41) is 9.52. The van der Waals surface area contributed by atoms with Gasteiger partial charge >= 0.3 is 5.97 Å². The van der Waals surface area contributed by atoms with Gasteiger partial charge in [-0.3, -0.25) is 9.78 Å². The molecule has 1 aromatic heterocycles. The van der Waals surface area contributed by atoms with Crippen LogP contribution in [0.5, 0.6) is 0 Å². The largest absolute Gasteiger partial charge is 0.481 e. The average molecular weight is 270 g/mol. The standard InChI is InChI=1S/C14H20ClNO2/c1-10(13(17)18)5-4-7-14(2,3)12-9-11(15)6-8-16-12/h6,8-10H,4-5,7H2,1-3H3,(H,17,18)/t10-/m1/s1. The van der Waals surface area contributed by atoms with Crippen molar-refractivity contribution in [2.24, 2.45) is 5.92 Å². The molecule has 0 saturated heterocycles. The Kier molecular flexibility index (Phi) is 5.15. The van der Waals surface area contributed by atoms with E-state index < -0.39 is 5.97 Å². The van der Waals surface area contributed by atoms with Crippen molar-refractivity contribution in [2.45, 2.75) is 45.4 Å². The molecular formula is C14H20ClNO2. The van der Waals surface area contributed by atoms with Crippen LogP contribution in [0.2, 0.25) is 5.02 Å². The highest BCUT2D eigenvalue weighted by molar-refractivity contribution is 6.30. The van der Waals surface area contributed by atoms with Gasteiger partial charge in [0.25, 0.3) is 0 Å². The zero-order chi connectivity index (χ0) is 13.8. The lowest BCUT2D eigenvalue weighted by Crippen LogP contribution is -2.19. The minimum absolute atomic E-state index is 0.0802. The van der Waals surface area contributed by atoms with Gasteiger partial charge in [-0.15, -0.1) is 0 Å². The Hall–Kier alpha value is -1.09. The van der Waals surface area contributed by atoms with Gasteiger partial charge < -0.3 is 5.11 Å². The summed E-state index contributed by atoms with van der Waals surface area (Å²) in [6.45, 7) is 5.96. The number of aliphatic carboxylic acids is 1. The van der Waals surface area contributed by atoms with Gasteiger partial charge in [0.05, 0.1) is 5.92 Å². The quantitative estimate of drug-likeness (QED) is 0.852. The third-order valence-corrected chi connectivity index (χ3v) is 3.51. The summed E-state index contributed by atoms with van der Waals surface area (Å²) in [5.41, 5.74) is 0.876. The molecule has 1 heterocycles. The first kappa shape index (κ1) is 15.0. The van der Waals surface area contributed by atoms with Gasteiger partial charge in [0.1, 0.15) is 0 Å². The van der Waals surface area contributed by atoms with Gasteiger partial charge in [-0.1, -0.05) is 38.8 Å². The molecule has 1 N–H and O–H groups in total. The van der Waals surface area contributed by atoms with E-state index in [4.69, 9.17) is 16.7 Å². The fourth-order valence-electron chi connectivity index (χ4n) is 1.88. The number of carboxylic acids is 1. The predicted molar refractivity (Wildman–Crippen MR) is 72.9 cm³/mol. The molecule has 0 radical (unpaired) electrons. The lowest BCUT2D eigenvalue weighted by atomic mass is 9.82. The SMILES string of the molecule is C[C@H](CCCC(C)(C)c1cc(Cl)ccn1)C(=O)O. The summed E-state index contributed by atoms with van der Waals surface area (Å²) in [6.07, 6.45) is 4.17. The Morgan fingerprint density at radius 3 is 2.78 bits per heavy atom. The molecule has 1 rings (SSSR count). The Morgan fingerprint density at radius 1 is 1.56 bits per heavy atom. The first-order valence-electron chi connectivity index (χ1n) is 6.18. The maximum atomic E-state index is 10.7. The van der Waals surface area contributed by atoms with Crippen molar-refractivity contribution in [3.8, 4) is 0 Å². The van der Waals surface area contributed by atoms with E-state index in [1.165, 1.54) is 0 Å². The molecule has 3 nitrogen and oxygen atoms in total. The summed E-state index contributed by atoms with van der Waals surface area (Å²) in [4.78, 5) is 15.1. The highest BCUT2D eigenvalue weighted by atomic mass is 35.5. The van der Waals surface area contributed by atoms with Crippen LogP contribution >= 0.6 is 11.6 Å². The van der Waals surface area contributed by atoms with Gasteiger partial charge in [-0.2, -0.15) is 0 Å². The maximum absolute atomic E-state index is 10.7. The van der Waals surface area contributed by atoms with Crippen molar-refractivity contribution in [3.63, 3.8) is 0 Å². The molecule has 0 saturated carbocycles. The molecule has 18 heavy (non-hydrogen) atoms. The predicted octanol–water partition coefficient (Wildman–Crippen LogP) is 3.90. The fraction of sp³-hybridized carbons (Fsp3) is 0.571. The molecule has 0 bridgehead atoms. The number of aromatic nitrogens is 1. The number of hydrogen-bond donors (Lipinski definition) is 1. The van der Waals surface area contributed by atoms with Crippen LogP contribution in [0.4, 0.5) is 0 Å². The Balaban J connectivity index is 2.57. The molecule has 0 aliphatic heterocycles. The highest BCUT2D eigenvalue weighted by Crippen LogP contribution is 2.29. The zero-order valence-electron chi connectivity index (χ0n) is 11.1. The summed E-state index contributed by atoms with van der Waals surface area (Å²) >= 11 is 5.96. The van der Waals surface area contributed by atoms with Gasteiger partial charge in [-0.05, 0) is 25.0 Å². The van der Waals surface area contributed by atoms with Crippen molar-refractivity contribution < 1.29 is 9.90 Å². The monoisotopic (exact) mass is 269 g/mol. The van der Waals surface area contributed by atoms with Crippen molar-refractivity contribution in [3.05, 3.63) is 29.0 Å². The van der Waals surface area contributed by atoms with Crippen LogP contribution in [-0.4, -0.2) is 16.1 Å². The van der Waals surface area contributed by atoms with E-state index in [9.17, 15) is 4.79 Å². The number of carboxylic acid groups (broad SMARTS) is 1. The third kappa shape index (κ3) is 4.30. The molecule has 0 spiro atoms. The van der Waals surface area contributed by atoms with E-state index in [0.29, 0.717) is 11.4 Å². The van der Waals surface area contributed by atoms with Gasteiger partial charge in [0.15, 0.2) is 0 Å². The van der Waals surface area contributed by atoms with Crippen LogP contribution in [0.25, 0.3) is 0 Å². The lowest BCUT2D eigenvalue weighted by molar-refractivity contribution is -0.141. The Bertz CT molecular complexity index is 418. The Labute approximate surface area is 113 Å². The van der Waals surface area contributed by atoms with Crippen molar-refractivity contribution in [2.75, 3.05) is 0 Å². The number of hydrogen-bond acceptors (Lipinski definition) is 2. The maximum Gasteiger partial charge on any atom is 0.306 e. The second kappa shape index (κ2) is 6.19. The van der Waals surface area contributed by atoms with E-state index in [0.717, 1.165) is 18.5 Å². The highest BCUT2D eigenvalue weighted by Gasteiger charge is 2.23. The zero-order valence-corrected chi connectivity index (χ0v) is 11.9. The van der Waals surface area contributed by atoms with Crippen LogP contribution in [-0.2, 0) is 10.2 Å². The minimum atomic E-state index is -0.728. The number of rotatable bonds is 6. The summed E-state index contributed by atoms with van der Waals surface area (Å²) < 4.78 is 0. The van der Waals surface area contributed by atoms with Crippen molar-refractivity contribution in [1.29, 1.82) is 0 Å². The van der Waals surface area contributed by atoms with Gasteiger partial charge in [0.2, 0.25) is 0 Å². The molecule has 0 amide bonds. The van der Waals surface area contributed by atoms with Crippen molar-refractivity contribution >= 4 is 17.6 Å². The number of halogens is 1. The fourth-order valence-corrected chi connectivity index (χ4v) is 2.04. The molecule has 1 atom stereocenters. The number of nitrogens with zero attached hydrogens (tertiary/aromatic N) is 1. The minimum Gasteiger partial charge on any atom is -0.481 e. The molecule has 0 aromatic carbocycles. The molecule has 0 fully saturated rings. The van der Waals surface area contributed by atoms with Crippen LogP contribution in [0, 0.1) is 5.92 Å². The van der Waals surface area contributed by atoms with Crippen molar-refractivity contribution in [1.82, 2.24) is 4.98 Å².